The number of benzene rings is 1. The lowest BCUT2D eigenvalue weighted by molar-refractivity contribution is 0.0916. The number of nitrogens with one attached hydrogen (secondary N) is 1. The van der Waals surface area contributed by atoms with Gasteiger partial charge in [-0.25, -0.2) is 0 Å². The fourth-order valence-electron chi connectivity index (χ4n) is 2.86. The van der Waals surface area contributed by atoms with Crippen molar-refractivity contribution in [2.24, 2.45) is 0 Å². The van der Waals surface area contributed by atoms with E-state index in [0.29, 0.717) is 28.4 Å². The smallest absolute Gasteiger partial charge is 0.209 e. The van der Waals surface area contributed by atoms with Crippen LogP contribution in [0.5, 0.6) is 0 Å². The fourth-order valence-corrected chi connectivity index (χ4v) is 2.98. The number of H-pyrrole nitrogens is 1. The molecule has 0 saturated carbocycles. The van der Waals surface area contributed by atoms with Gasteiger partial charge in [-0.05, 0) is 56.3 Å². The molecular weight excluding hydrogens is 312 g/mol. The van der Waals surface area contributed by atoms with Crippen molar-refractivity contribution in [1.29, 1.82) is 0 Å². The molecule has 1 aliphatic heterocycles. The highest BCUT2D eigenvalue weighted by Crippen LogP contribution is 2.15. The summed E-state index contributed by atoms with van der Waals surface area (Å²) in [7, 11) is 0. The molecule has 2 aromatic rings. The lowest BCUT2D eigenvalue weighted by atomic mass is 10.1. The van der Waals surface area contributed by atoms with Crippen molar-refractivity contribution in [3.8, 4) is 0 Å². The predicted molar refractivity (Wildman–Crippen MR) is 90.3 cm³/mol. The van der Waals surface area contributed by atoms with Gasteiger partial charge in [-0.3, -0.25) is 14.5 Å². The number of carbonyl (C=O) groups is 2. The minimum atomic E-state index is -0.140. The van der Waals surface area contributed by atoms with Crippen molar-refractivity contribution >= 4 is 23.2 Å². The normalized spacial score (nSPS) is 15.5. The van der Waals surface area contributed by atoms with Gasteiger partial charge in [0.05, 0.1) is 12.2 Å². The minimum absolute atomic E-state index is 0.0540. The summed E-state index contributed by atoms with van der Waals surface area (Å²) in [6, 6.07) is 8.37. The molecular formula is C18H19ClN2O2. The first-order chi connectivity index (χ1) is 11.1. The number of carbonyl (C=O) groups excluding carboxylic acids is 2. The van der Waals surface area contributed by atoms with E-state index in [-0.39, 0.29) is 11.6 Å². The van der Waals surface area contributed by atoms with Crippen LogP contribution >= 0.6 is 11.6 Å². The number of rotatable bonds is 5. The van der Waals surface area contributed by atoms with Gasteiger partial charge in [0.2, 0.25) is 5.78 Å². The molecule has 3 rings (SSSR count). The topological polar surface area (TPSA) is 53.2 Å². The van der Waals surface area contributed by atoms with E-state index in [0.717, 1.165) is 25.9 Å². The summed E-state index contributed by atoms with van der Waals surface area (Å²) in [5.74, 6) is -0.0861. The molecule has 0 amide bonds. The number of likely N-dealkylation sites (tertiary alicyclic amines) is 1. The Balaban J connectivity index is 1.68. The molecule has 2 heterocycles. The van der Waals surface area contributed by atoms with E-state index in [4.69, 9.17) is 11.6 Å². The van der Waals surface area contributed by atoms with Crippen LogP contribution < -0.4 is 0 Å². The van der Waals surface area contributed by atoms with E-state index in [1.807, 2.05) is 0 Å². The summed E-state index contributed by atoms with van der Waals surface area (Å²) in [5, 5.41) is 0.588. The fraction of sp³-hybridized carbons (Fsp3) is 0.333. The van der Waals surface area contributed by atoms with E-state index in [1.54, 1.807) is 36.5 Å². The standard InChI is InChI=1S/C18H19ClN2O2/c19-15-6-4-13(5-7-15)18(23)16-10-14(11-20-16)17(22)12-21-8-2-1-3-9-21/h4-7,10-11,20H,1-3,8-9,12H2. The zero-order chi connectivity index (χ0) is 16.2. The molecule has 4 nitrogen and oxygen atoms in total. The highest BCUT2D eigenvalue weighted by atomic mass is 35.5. The molecule has 0 spiro atoms. The highest BCUT2D eigenvalue weighted by Gasteiger charge is 2.18. The summed E-state index contributed by atoms with van der Waals surface area (Å²) < 4.78 is 0. The van der Waals surface area contributed by atoms with Gasteiger partial charge < -0.3 is 4.98 Å². The summed E-state index contributed by atoms with van der Waals surface area (Å²) in [5.41, 5.74) is 1.54. The highest BCUT2D eigenvalue weighted by molar-refractivity contribution is 6.30. The van der Waals surface area contributed by atoms with E-state index in [1.165, 1.54) is 6.42 Å². The maximum Gasteiger partial charge on any atom is 0.209 e. The number of aromatic nitrogens is 1. The molecule has 0 bridgehead atoms. The van der Waals surface area contributed by atoms with Crippen LogP contribution in [-0.2, 0) is 0 Å². The molecule has 1 aromatic heterocycles. The molecule has 5 heteroatoms. The second-order valence-electron chi connectivity index (χ2n) is 5.90. The van der Waals surface area contributed by atoms with Crippen molar-refractivity contribution in [3.63, 3.8) is 0 Å². The van der Waals surface area contributed by atoms with Gasteiger partial charge in [0.15, 0.2) is 5.78 Å². The Morgan fingerprint density at radius 3 is 2.43 bits per heavy atom. The van der Waals surface area contributed by atoms with Gasteiger partial charge in [0.1, 0.15) is 0 Å². The van der Waals surface area contributed by atoms with Crippen molar-refractivity contribution in [3.05, 3.63) is 58.4 Å². The molecule has 1 fully saturated rings. The lowest BCUT2D eigenvalue weighted by Crippen LogP contribution is -2.34. The van der Waals surface area contributed by atoms with Crippen molar-refractivity contribution in [2.45, 2.75) is 19.3 Å². The van der Waals surface area contributed by atoms with Crippen molar-refractivity contribution in [1.82, 2.24) is 9.88 Å². The predicted octanol–water partition coefficient (Wildman–Crippen LogP) is 3.57. The lowest BCUT2D eigenvalue weighted by Gasteiger charge is -2.25. The number of aromatic amines is 1. The molecule has 1 saturated heterocycles. The van der Waals surface area contributed by atoms with Gasteiger partial charge in [0.25, 0.3) is 0 Å². The zero-order valence-electron chi connectivity index (χ0n) is 12.8. The summed E-state index contributed by atoms with van der Waals surface area (Å²) >= 11 is 5.83. The summed E-state index contributed by atoms with van der Waals surface area (Å²) in [6.07, 6.45) is 5.17. The van der Waals surface area contributed by atoms with Crippen LogP contribution in [0, 0.1) is 0 Å². The molecule has 0 aliphatic carbocycles. The van der Waals surface area contributed by atoms with E-state index in [2.05, 4.69) is 9.88 Å². The first kappa shape index (κ1) is 16.0. The van der Waals surface area contributed by atoms with Crippen molar-refractivity contribution < 1.29 is 9.59 Å². The Kier molecular flexibility index (Phi) is 4.94. The quantitative estimate of drug-likeness (QED) is 0.853. The van der Waals surface area contributed by atoms with Crippen LogP contribution in [-0.4, -0.2) is 41.1 Å². The van der Waals surface area contributed by atoms with E-state index < -0.39 is 0 Å². The second kappa shape index (κ2) is 7.11. The molecule has 0 unspecified atom stereocenters. The maximum atomic E-state index is 12.4. The summed E-state index contributed by atoms with van der Waals surface area (Å²) in [4.78, 5) is 29.8. The van der Waals surface area contributed by atoms with Crippen LogP contribution in [0.15, 0.2) is 36.5 Å². The van der Waals surface area contributed by atoms with Crippen LogP contribution in [0.2, 0.25) is 5.02 Å². The molecule has 120 valence electrons. The van der Waals surface area contributed by atoms with Crippen molar-refractivity contribution in [2.75, 3.05) is 19.6 Å². The molecule has 0 atom stereocenters. The summed E-state index contributed by atoms with van der Waals surface area (Å²) in [6.45, 7) is 2.38. The third-order valence-corrected chi connectivity index (χ3v) is 4.42. The first-order valence-electron chi connectivity index (χ1n) is 7.88. The first-order valence-corrected chi connectivity index (χ1v) is 8.25. The van der Waals surface area contributed by atoms with Crippen LogP contribution in [0.1, 0.15) is 45.7 Å². The molecule has 23 heavy (non-hydrogen) atoms. The number of halogens is 1. The number of hydrogen-bond acceptors (Lipinski definition) is 3. The molecule has 1 aliphatic rings. The monoisotopic (exact) mass is 330 g/mol. The number of piperidine rings is 1. The minimum Gasteiger partial charge on any atom is -0.358 e. The Morgan fingerprint density at radius 1 is 1.04 bits per heavy atom. The Bertz CT molecular complexity index is 700. The van der Waals surface area contributed by atoms with E-state index >= 15 is 0 Å². The molecule has 1 N–H and O–H groups in total. The van der Waals surface area contributed by atoms with Gasteiger partial charge in [0, 0.05) is 22.3 Å². The Hall–Kier alpha value is -1.91. The Labute approximate surface area is 140 Å². The van der Waals surface area contributed by atoms with Gasteiger partial charge >= 0.3 is 0 Å². The average Bonchev–Trinajstić information content (AvgIpc) is 3.06. The second-order valence-corrected chi connectivity index (χ2v) is 6.33. The molecule has 0 radical (unpaired) electrons. The third kappa shape index (κ3) is 3.89. The zero-order valence-corrected chi connectivity index (χ0v) is 13.6. The molecule has 1 aromatic carbocycles. The largest absolute Gasteiger partial charge is 0.358 e. The van der Waals surface area contributed by atoms with Gasteiger partial charge in [-0.15, -0.1) is 0 Å². The number of hydrogen-bond donors (Lipinski definition) is 1. The van der Waals surface area contributed by atoms with Gasteiger partial charge in [-0.1, -0.05) is 18.0 Å². The Morgan fingerprint density at radius 2 is 1.74 bits per heavy atom. The van der Waals surface area contributed by atoms with Crippen LogP contribution in [0.25, 0.3) is 0 Å². The van der Waals surface area contributed by atoms with E-state index in [9.17, 15) is 9.59 Å². The van der Waals surface area contributed by atoms with Gasteiger partial charge in [-0.2, -0.15) is 0 Å². The van der Waals surface area contributed by atoms with Crippen LogP contribution in [0.4, 0.5) is 0 Å². The number of nitrogens with zero attached hydrogens (tertiary/aromatic N) is 1. The number of Topliss-reactive ketones (excluding diaryl/α,β-unsaturated/α-hetero) is 1. The SMILES string of the molecule is O=C(CN1CCCCC1)c1c[nH]c(C(=O)c2ccc(Cl)cc2)c1. The maximum absolute atomic E-state index is 12.4. The number of ketones is 2. The van der Waals surface area contributed by atoms with Crippen LogP contribution in [0.3, 0.4) is 0 Å². The third-order valence-electron chi connectivity index (χ3n) is 4.17. The average molecular weight is 331 g/mol.